The molecule has 1 atom stereocenters. The van der Waals surface area contributed by atoms with Gasteiger partial charge in [0.15, 0.2) is 17.3 Å². The van der Waals surface area contributed by atoms with Crippen LogP contribution in [-0.4, -0.2) is 56.1 Å². The van der Waals surface area contributed by atoms with Gasteiger partial charge >= 0.3 is 6.09 Å². The molecule has 5 rings (SSSR count). The Kier molecular flexibility index (Phi) is 9.22. The third-order valence-corrected chi connectivity index (χ3v) is 8.13. The number of nitrogens with one attached hydrogen (secondary N) is 1. The number of carbonyl (C=O) groups is 1. The second kappa shape index (κ2) is 12.9. The van der Waals surface area contributed by atoms with Crippen molar-refractivity contribution in [1.82, 2.24) is 25.4 Å². The van der Waals surface area contributed by atoms with Gasteiger partial charge in [0.1, 0.15) is 5.69 Å². The summed E-state index contributed by atoms with van der Waals surface area (Å²) in [6.07, 6.45) is 1.49. The largest absolute Gasteiger partial charge is 0.465 e. The normalized spacial score (nSPS) is 15.4. The highest BCUT2D eigenvalue weighted by Crippen LogP contribution is 2.40. The smallest absolute Gasteiger partial charge is 0.413 e. The molecule has 4 heterocycles. The van der Waals surface area contributed by atoms with E-state index in [1.165, 1.54) is 4.90 Å². The van der Waals surface area contributed by atoms with Gasteiger partial charge in [0.2, 0.25) is 0 Å². The maximum absolute atomic E-state index is 12.8. The monoisotopic (exact) mass is 637 g/mol. The zero-order valence-corrected chi connectivity index (χ0v) is 28.4. The van der Waals surface area contributed by atoms with Crippen molar-refractivity contribution in [2.75, 3.05) is 18.1 Å². The molecule has 0 spiro atoms. The first-order valence-electron chi connectivity index (χ1n) is 15.8. The van der Waals surface area contributed by atoms with Gasteiger partial charge < -0.3 is 19.7 Å². The standard InChI is InChI=1S/C36H43N7O4/c1-34(2,3)31-29(24-13-15-38-28(17-24)36(7,8)21-37)40-30(32(41-31)43(33(44)45)35(4,5)6)27-18-26(42-47-27)23-11-9-22(10-12-23)19-39-25-14-16-46-20-25/h9-13,15,17-18,25,39H,14,16,19-20H2,1-8H3,(H,44,45)/t25-/m0/s1. The van der Waals surface area contributed by atoms with Gasteiger partial charge in [0.05, 0.1) is 35.2 Å². The van der Waals surface area contributed by atoms with Crippen molar-refractivity contribution < 1.29 is 19.2 Å². The molecule has 0 saturated carbocycles. The first-order valence-corrected chi connectivity index (χ1v) is 15.8. The maximum atomic E-state index is 12.8. The second-order valence-corrected chi connectivity index (χ2v) is 14.5. The highest BCUT2D eigenvalue weighted by molar-refractivity contribution is 5.91. The van der Waals surface area contributed by atoms with Gasteiger partial charge in [-0.3, -0.25) is 9.88 Å². The third-order valence-electron chi connectivity index (χ3n) is 8.13. The lowest BCUT2D eigenvalue weighted by Gasteiger charge is -2.34. The Bertz CT molecular complexity index is 1790. The molecular formula is C36H43N7O4. The molecule has 11 nitrogen and oxygen atoms in total. The molecule has 0 unspecified atom stereocenters. The highest BCUT2D eigenvalue weighted by Gasteiger charge is 2.36. The Labute approximate surface area is 276 Å². The van der Waals surface area contributed by atoms with Gasteiger partial charge in [-0.05, 0) is 58.7 Å². The second-order valence-electron chi connectivity index (χ2n) is 14.5. The first-order chi connectivity index (χ1) is 22.1. The van der Waals surface area contributed by atoms with Crippen molar-refractivity contribution >= 4 is 11.9 Å². The fourth-order valence-corrected chi connectivity index (χ4v) is 5.42. The van der Waals surface area contributed by atoms with Crippen molar-refractivity contribution in [3.8, 4) is 40.0 Å². The van der Waals surface area contributed by atoms with Gasteiger partial charge in [0, 0.05) is 53.5 Å². The molecule has 3 aromatic heterocycles. The lowest BCUT2D eigenvalue weighted by molar-refractivity contribution is 0.190. The van der Waals surface area contributed by atoms with Gasteiger partial charge in [-0.1, -0.05) is 50.2 Å². The number of rotatable bonds is 8. The van der Waals surface area contributed by atoms with Crippen LogP contribution in [0.3, 0.4) is 0 Å². The minimum Gasteiger partial charge on any atom is -0.465 e. The maximum Gasteiger partial charge on any atom is 0.413 e. The van der Waals surface area contributed by atoms with E-state index in [1.807, 2.05) is 71.0 Å². The van der Waals surface area contributed by atoms with Gasteiger partial charge in [-0.15, -0.1) is 0 Å². The number of pyridine rings is 1. The summed E-state index contributed by atoms with van der Waals surface area (Å²) < 4.78 is 11.3. The van der Waals surface area contributed by atoms with E-state index in [9.17, 15) is 15.2 Å². The lowest BCUT2D eigenvalue weighted by Crippen LogP contribution is -2.46. The van der Waals surface area contributed by atoms with E-state index in [2.05, 4.69) is 21.5 Å². The predicted octanol–water partition coefficient (Wildman–Crippen LogP) is 7.12. The molecule has 4 aromatic rings. The number of benzene rings is 1. The molecule has 11 heteroatoms. The van der Waals surface area contributed by atoms with E-state index in [0.717, 1.165) is 37.3 Å². The van der Waals surface area contributed by atoms with Gasteiger partial charge in [-0.2, -0.15) is 5.26 Å². The first kappa shape index (κ1) is 33.7. The summed E-state index contributed by atoms with van der Waals surface area (Å²) in [4.78, 5) is 28.6. The minimum absolute atomic E-state index is 0.144. The molecule has 0 bridgehead atoms. The van der Waals surface area contributed by atoms with Crippen molar-refractivity contribution in [3.63, 3.8) is 0 Å². The van der Waals surface area contributed by atoms with Crippen LogP contribution in [0.4, 0.5) is 10.6 Å². The number of nitrogens with zero attached hydrogens (tertiary/aromatic N) is 6. The Morgan fingerprint density at radius 2 is 1.74 bits per heavy atom. The Morgan fingerprint density at radius 1 is 1.02 bits per heavy atom. The van der Waals surface area contributed by atoms with Crippen molar-refractivity contribution in [1.29, 1.82) is 5.26 Å². The van der Waals surface area contributed by atoms with E-state index >= 15 is 0 Å². The highest BCUT2D eigenvalue weighted by atomic mass is 16.5. The summed E-state index contributed by atoms with van der Waals surface area (Å²) >= 11 is 0. The molecule has 1 aromatic carbocycles. The molecule has 0 aliphatic carbocycles. The molecule has 1 aliphatic heterocycles. The van der Waals surface area contributed by atoms with Gasteiger partial charge in [0.25, 0.3) is 0 Å². The van der Waals surface area contributed by atoms with E-state index in [1.54, 1.807) is 33.0 Å². The van der Waals surface area contributed by atoms with Crippen molar-refractivity contribution in [2.24, 2.45) is 0 Å². The molecular weight excluding hydrogens is 594 g/mol. The average molecular weight is 638 g/mol. The lowest BCUT2D eigenvalue weighted by atomic mass is 9.86. The van der Waals surface area contributed by atoms with Crippen LogP contribution >= 0.6 is 0 Å². The number of nitriles is 1. The number of anilines is 1. The van der Waals surface area contributed by atoms with Crippen LogP contribution in [0.2, 0.25) is 0 Å². The van der Waals surface area contributed by atoms with E-state index in [4.69, 9.17) is 19.2 Å². The number of ether oxygens (including phenoxy) is 1. The Hall–Kier alpha value is -4.66. The van der Waals surface area contributed by atoms with Crippen LogP contribution in [0.5, 0.6) is 0 Å². The molecule has 0 radical (unpaired) electrons. The minimum atomic E-state index is -1.17. The number of amides is 1. The summed E-state index contributed by atoms with van der Waals surface area (Å²) in [6, 6.07) is 16.2. The number of hydrogen-bond donors (Lipinski definition) is 2. The summed E-state index contributed by atoms with van der Waals surface area (Å²) in [7, 11) is 0. The summed E-state index contributed by atoms with van der Waals surface area (Å²) in [6.45, 7) is 17.3. The predicted molar refractivity (Wildman–Crippen MR) is 180 cm³/mol. The molecule has 1 aliphatic rings. The molecule has 1 fully saturated rings. The van der Waals surface area contributed by atoms with Crippen molar-refractivity contribution in [2.45, 2.75) is 90.8 Å². The van der Waals surface area contributed by atoms with Crippen LogP contribution in [-0.2, 0) is 22.1 Å². The van der Waals surface area contributed by atoms with Crippen molar-refractivity contribution in [3.05, 3.63) is 65.6 Å². The topological polar surface area (TPSA) is 150 Å². The molecule has 246 valence electrons. The van der Waals surface area contributed by atoms with E-state index in [0.29, 0.717) is 34.4 Å². The average Bonchev–Trinajstić information content (AvgIpc) is 3.72. The van der Waals surface area contributed by atoms with E-state index < -0.39 is 22.5 Å². The van der Waals surface area contributed by atoms with E-state index in [-0.39, 0.29) is 17.3 Å². The number of aromatic nitrogens is 4. The molecule has 1 saturated heterocycles. The fourth-order valence-electron chi connectivity index (χ4n) is 5.42. The quantitative estimate of drug-likeness (QED) is 0.204. The Balaban J connectivity index is 1.63. The van der Waals surface area contributed by atoms with Gasteiger partial charge in [-0.25, -0.2) is 14.8 Å². The zero-order valence-electron chi connectivity index (χ0n) is 28.4. The fraction of sp³-hybridized carbons (Fsp3) is 0.444. The van der Waals surface area contributed by atoms with Crippen LogP contribution < -0.4 is 10.2 Å². The molecule has 47 heavy (non-hydrogen) atoms. The Morgan fingerprint density at radius 3 is 2.34 bits per heavy atom. The van der Waals surface area contributed by atoms with Crippen LogP contribution in [0.25, 0.3) is 34.0 Å². The van der Waals surface area contributed by atoms with Crippen LogP contribution in [0, 0.1) is 11.3 Å². The summed E-state index contributed by atoms with van der Waals surface area (Å²) in [5.41, 5.74) is 3.00. The van der Waals surface area contributed by atoms with Crippen LogP contribution in [0.15, 0.2) is 53.2 Å². The third kappa shape index (κ3) is 7.34. The number of carboxylic acid groups (broad SMARTS) is 1. The van der Waals surface area contributed by atoms with Crippen LogP contribution in [0.1, 0.15) is 78.8 Å². The summed E-state index contributed by atoms with van der Waals surface area (Å²) in [5, 5.41) is 28.1. The molecule has 1 amide bonds. The summed E-state index contributed by atoms with van der Waals surface area (Å²) in [5.74, 6) is 0.420. The zero-order chi connectivity index (χ0) is 34.1. The molecule has 2 N–H and O–H groups in total. The number of hydrogen-bond acceptors (Lipinski definition) is 9. The SMILES string of the molecule is CC(C)(C)c1nc(N(C(=O)O)C(C)(C)C)c(-c2cc(-c3ccc(CN[C@H]4CCOC4)cc3)no2)nc1-c1ccnc(C(C)(C)C#N)c1.